The summed E-state index contributed by atoms with van der Waals surface area (Å²) in [6.45, 7) is 0.450. The number of aromatic amines is 1. The van der Waals surface area contributed by atoms with Crippen LogP contribution in [0.4, 0.5) is 5.82 Å². The van der Waals surface area contributed by atoms with Gasteiger partial charge in [0.15, 0.2) is 5.65 Å². The first kappa shape index (κ1) is 14.9. The van der Waals surface area contributed by atoms with Crippen LogP contribution in [0, 0.1) is 0 Å². The molecule has 1 fully saturated rings. The first-order valence-corrected chi connectivity index (χ1v) is 8.61. The summed E-state index contributed by atoms with van der Waals surface area (Å²) in [7, 11) is 0. The van der Waals surface area contributed by atoms with Crippen LogP contribution in [-0.4, -0.2) is 38.2 Å². The molecule has 5 rings (SSSR count). The van der Waals surface area contributed by atoms with Gasteiger partial charge in [0.25, 0.3) is 0 Å². The first-order valence-electron chi connectivity index (χ1n) is 8.61. The van der Waals surface area contributed by atoms with E-state index >= 15 is 0 Å². The second-order valence-electron chi connectivity index (χ2n) is 6.44. The third-order valence-corrected chi connectivity index (χ3v) is 4.74. The van der Waals surface area contributed by atoms with E-state index in [0.29, 0.717) is 13.0 Å². The normalized spacial score (nSPS) is 17.5. The highest BCUT2D eigenvalue weighted by Gasteiger charge is 2.21. The summed E-state index contributed by atoms with van der Waals surface area (Å²) in [6, 6.07) is 10.1. The molecule has 7 nitrogen and oxygen atoms in total. The zero-order valence-electron chi connectivity index (χ0n) is 14.0. The molecule has 1 aliphatic heterocycles. The van der Waals surface area contributed by atoms with Gasteiger partial charge < -0.3 is 15.0 Å². The maximum Gasteiger partial charge on any atom is 0.307 e. The average Bonchev–Trinajstić information content (AvgIpc) is 3.25. The molecule has 0 spiro atoms. The molecule has 26 heavy (non-hydrogen) atoms. The Morgan fingerprint density at radius 3 is 3.12 bits per heavy atom. The Morgan fingerprint density at radius 1 is 1.27 bits per heavy atom. The van der Waals surface area contributed by atoms with Crippen molar-refractivity contribution in [3.05, 3.63) is 48.9 Å². The number of fused-ring (bicyclic) bond motifs is 2. The standard InChI is InChI=1S/C19H17N5O2/c25-17-9-13(6-8-26-17)22-16-5-7-24-19(23-16)15(11-21-24)18-14-4-2-1-3-12(14)10-20-18/h1-5,7,10-11,13,20H,6,8-9H2,(H,22,23)/t13-/m0/s1. The van der Waals surface area contributed by atoms with Crippen molar-refractivity contribution in [1.82, 2.24) is 19.6 Å². The minimum Gasteiger partial charge on any atom is -0.466 e. The van der Waals surface area contributed by atoms with Gasteiger partial charge in [0.2, 0.25) is 0 Å². The van der Waals surface area contributed by atoms with E-state index in [2.05, 4.69) is 27.5 Å². The van der Waals surface area contributed by atoms with Crippen molar-refractivity contribution in [3.8, 4) is 11.3 Å². The molecule has 0 saturated carbocycles. The quantitative estimate of drug-likeness (QED) is 0.557. The number of ether oxygens (including phenoxy) is 1. The van der Waals surface area contributed by atoms with Gasteiger partial charge in [-0.1, -0.05) is 24.3 Å². The number of carbonyl (C=O) groups is 1. The van der Waals surface area contributed by atoms with Gasteiger partial charge in [0, 0.05) is 30.2 Å². The monoisotopic (exact) mass is 347 g/mol. The van der Waals surface area contributed by atoms with Crippen molar-refractivity contribution in [2.45, 2.75) is 18.9 Å². The highest BCUT2D eigenvalue weighted by Crippen LogP contribution is 2.30. The Kier molecular flexibility index (Phi) is 3.38. The summed E-state index contributed by atoms with van der Waals surface area (Å²) < 4.78 is 6.75. The number of benzene rings is 1. The SMILES string of the molecule is O=C1C[C@@H](Nc2ccn3ncc(-c4[nH]cc5ccccc45)c3n2)CCO1. The smallest absolute Gasteiger partial charge is 0.307 e. The summed E-state index contributed by atoms with van der Waals surface area (Å²) in [4.78, 5) is 19.5. The molecular weight excluding hydrogens is 330 g/mol. The minimum atomic E-state index is -0.169. The first-order chi connectivity index (χ1) is 12.8. The van der Waals surface area contributed by atoms with E-state index in [-0.39, 0.29) is 12.0 Å². The van der Waals surface area contributed by atoms with E-state index in [4.69, 9.17) is 9.72 Å². The van der Waals surface area contributed by atoms with E-state index in [1.165, 1.54) is 0 Å². The lowest BCUT2D eigenvalue weighted by molar-refractivity contribution is -0.147. The summed E-state index contributed by atoms with van der Waals surface area (Å²) in [5, 5.41) is 10.0. The van der Waals surface area contributed by atoms with Crippen LogP contribution in [0.25, 0.3) is 27.7 Å². The second kappa shape index (κ2) is 5.87. The van der Waals surface area contributed by atoms with Crippen molar-refractivity contribution in [1.29, 1.82) is 0 Å². The van der Waals surface area contributed by atoms with Crippen LogP contribution >= 0.6 is 0 Å². The van der Waals surface area contributed by atoms with Crippen molar-refractivity contribution in [3.63, 3.8) is 0 Å². The topological polar surface area (TPSA) is 84.3 Å². The number of carbonyl (C=O) groups excluding carboxylic acids is 1. The molecule has 0 aliphatic carbocycles. The Bertz CT molecular complexity index is 1110. The summed E-state index contributed by atoms with van der Waals surface area (Å²) in [5.41, 5.74) is 2.71. The molecule has 0 radical (unpaired) electrons. The van der Waals surface area contributed by atoms with Gasteiger partial charge in [0.05, 0.1) is 30.5 Å². The third-order valence-electron chi connectivity index (χ3n) is 4.74. The zero-order valence-corrected chi connectivity index (χ0v) is 14.0. The predicted octanol–water partition coefficient (Wildman–Crippen LogP) is 3.00. The summed E-state index contributed by atoms with van der Waals surface area (Å²) in [6.07, 6.45) is 6.83. The van der Waals surface area contributed by atoms with E-state index in [1.807, 2.05) is 36.8 Å². The summed E-state index contributed by atoms with van der Waals surface area (Å²) >= 11 is 0. The van der Waals surface area contributed by atoms with Gasteiger partial charge in [-0.15, -0.1) is 0 Å². The van der Waals surface area contributed by atoms with Crippen LogP contribution in [0.1, 0.15) is 12.8 Å². The maximum atomic E-state index is 11.5. The van der Waals surface area contributed by atoms with Gasteiger partial charge in [0.1, 0.15) is 5.82 Å². The van der Waals surface area contributed by atoms with Crippen LogP contribution in [-0.2, 0) is 9.53 Å². The molecule has 7 heteroatoms. The van der Waals surface area contributed by atoms with E-state index in [9.17, 15) is 4.79 Å². The van der Waals surface area contributed by atoms with Crippen molar-refractivity contribution >= 4 is 28.2 Å². The Balaban J connectivity index is 1.54. The van der Waals surface area contributed by atoms with Gasteiger partial charge in [-0.3, -0.25) is 4.79 Å². The Labute approximate surface area is 149 Å². The molecule has 4 aromatic rings. The van der Waals surface area contributed by atoms with Crippen LogP contribution in [0.3, 0.4) is 0 Å². The number of hydrogen-bond acceptors (Lipinski definition) is 5. The molecule has 1 atom stereocenters. The van der Waals surface area contributed by atoms with Crippen LogP contribution in [0.15, 0.2) is 48.9 Å². The van der Waals surface area contributed by atoms with Crippen molar-refractivity contribution in [2.75, 3.05) is 11.9 Å². The lowest BCUT2D eigenvalue weighted by Crippen LogP contribution is -2.31. The minimum absolute atomic E-state index is 0.0453. The lowest BCUT2D eigenvalue weighted by Gasteiger charge is -2.22. The van der Waals surface area contributed by atoms with E-state index < -0.39 is 0 Å². The molecule has 1 aliphatic rings. The Hall–Kier alpha value is -3.35. The fourth-order valence-corrected chi connectivity index (χ4v) is 3.44. The number of anilines is 1. The number of aromatic nitrogens is 4. The number of nitrogens with one attached hydrogen (secondary N) is 2. The molecule has 0 unspecified atom stereocenters. The fraction of sp³-hybridized carbons (Fsp3) is 0.211. The molecule has 4 heterocycles. The molecule has 3 aromatic heterocycles. The largest absolute Gasteiger partial charge is 0.466 e. The van der Waals surface area contributed by atoms with Gasteiger partial charge in [-0.25, -0.2) is 9.50 Å². The van der Waals surface area contributed by atoms with Crippen LogP contribution < -0.4 is 5.32 Å². The van der Waals surface area contributed by atoms with Gasteiger partial charge in [-0.2, -0.15) is 5.10 Å². The highest BCUT2D eigenvalue weighted by molar-refractivity contribution is 5.98. The third kappa shape index (κ3) is 2.48. The molecular formula is C19H17N5O2. The van der Waals surface area contributed by atoms with Crippen LogP contribution in [0.2, 0.25) is 0 Å². The number of hydrogen-bond donors (Lipinski definition) is 2. The summed E-state index contributed by atoms with van der Waals surface area (Å²) in [5.74, 6) is 0.563. The number of esters is 1. The average molecular weight is 347 g/mol. The van der Waals surface area contributed by atoms with Crippen molar-refractivity contribution in [2.24, 2.45) is 0 Å². The van der Waals surface area contributed by atoms with Gasteiger partial charge in [-0.05, 0) is 11.5 Å². The van der Waals surface area contributed by atoms with E-state index in [0.717, 1.165) is 39.9 Å². The van der Waals surface area contributed by atoms with Crippen LogP contribution in [0.5, 0.6) is 0 Å². The number of nitrogens with zero attached hydrogens (tertiary/aromatic N) is 3. The number of cyclic esters (lactones) is 1. The number of H-pyrrole nitrogens is 1. The lowest BCUT2D eigenvalue weighted by atomic mass is 10.1. The van der Waals surface area contributed by atoms with E-state index in [1.54, 1.807) is 4.52 Å². The highest BCUT2D eigenvalue weighted by atomic mass is 16.5. The zero-order chi connectivity index (χ0) is 17.5. The predicted molar refractivity (Wildman–Crippen MR) is 97.9 cm³/mol. The molecule has 2 N–H and O–H groups in total. The number of rotatable bonds is 3. The Morgan fingerprint density at radius 2 is 2.19 bits per heavy atom. The molecule has 1 saturated heterocycles. The molecule has 130 valence electrons. The molecule has 0 bridgehead atoms. The van der Waals surface area contributed by atoms with Gasteiger partial charge >= 0.3 is 5.97 Å². The van der Waals surface area contributed by atoms with Crippen molar-refractivity contribution < 1.29 is 9.53 Å². The molecule has 0 amide bonds. The fourth-order valence-electron chi connectivity index (χ4n) is 3.44. The maximum absolute atomic E-state index is 11.5. The molecule has 1 aromatic carbocycles. The second-order valence-corrected chi connectivity index (χ2v) is 6.44.